The van der Waals surface area contributed by atoms with Crippen molar-refractivity contribution in [2.75, 3.05) is 12.3 Å². The molecule has 1 fully saturated rings. The Morgan fingerprint density at radius 1 is 1.27 bits per heavy atom. The van der Waals surface area contributed by atoms with Crippen molar-refractivity contribution in [3.63, 3.8) is 0 Å². The van der Waals surface area contributed by atoms with Crippen molar-refractivity contribution in [3.05, 3.63) is 47.0 Å². The molecule has 0 spiro atoms. The van der Waals surface area contributed by atoms with Crippen LogP contribution in [-0.2, 0) is 13.8 Å². The first-order valence-electron chi connectivity index (χ1n) is 7.63. The zero-order valence-electron chi connectivity index (χ0n) is 13.4. The van der Waals surface area contributed by atoms with Crippen molar-refractivity contribution in [3.8, 4) is 11.1 Å². The van der Waals surface area contributed by atoms with Gasteiger partial charge in [0.05, 0.1) is 0 Å². The first-order valence-corrected chi connectivity index (χ1v) is 8.76. The van der Waals surface area contributed by atoms with Gasteiger partial charge < -0.3 is 20.7 Å². The van der Waals surface area contributed by atoms with Gasteiger partial charge in [-0.25, -0.2) is 4.79 Å². The summed E-state index contributed by atoms with van der Waals surface area (Å²) in [6.07, 6.45) is -3.84. The van der Waals surface area contributed by atoms with Gasteiger partial charge >= 0.3 is 13.9 Å². The molecule has 0 saturated carbocycles. The van der Waals surface area contributed by atoms with E-state index in [9.17, 15) is 19.6 Å². The van der Waals surface area contributed by atoms with Crippen LogP contribution in [0.1, 0.15) is 6.23 Å². The average Bonchev–Trinajstić information content (AvgIpc) is 2.89. The summed E-state index contributed by atoms with van der Waals surface area (Å²) in [6.45, 7) is -0.427. The van der Waals surface area contributed by atoms with E-state index in [2.05, 4.69) is 9.51 Å². The fraction of sp³-hybridized carbons (Fsp3) is 0.333. The molecule has 138 valence electrons. The van der Waals surface area contributed by atoms with E-state index in [-0.39, 0.29) is 5.82 Å². The molecule has 0 amide bonds. The highest BCUT2D eigenvalue weighted by Gasteiger charge is 2.45. The molecule has 11 heteroatoms. The maximum absolute atomic E-state index is 12.2. The van der Waals surface area contributed by atoms with Crippen LogP contribution in [0.15, 0.2) is 41.3 Å². The van der Waals surface area contributed by atoms with Gasteiger partial charge in [-0.1, -0.05) is 30.3 Å². The van der Waals surface area contributed by atoms with Crippen molar-refractivity contribution in [1.29, 1.82) is 0 Å². The highest BCUT2D eigenvalue weighted by molar-refractivity contribution is 7.32. The summed E-state index contributed by atoms with van der Waals surface area (Å²) < 4.78 is 21.6. The summed E-state index contributed by atoms with van der Waals surface area (Å²) in [5.41, 5.74) is 6.22. The lowest BCUT2D eigenvalue weighted by Gasteiger charge is -2.18. The van der Waals surface area contributed by atoms with Crippen LogP contribution in [0.3, 0.4) is 0 Å². The second-order valence-corrected chi connectivity index (χ2v) is 6.41. The minimum atomic E-state index is -2.88. The van der Waals surface area contributed by atoms with Crippen molar-refractivity contribution in [2.45, 2.75) is 24.5 Å². The summed E-state index contributed by atoms with van der Waals surface area (Å²) in [7, 11) is -2.88. The predicted molar refractivity (Wildman–Crippen MR) is 90.0 cm³/mol. The molecular weight excluding hydrogens is 365 g/mol. The van der Waals surface area contributed by atoms with E-state index in [1.807, 2.05) is 6.07 Å². The largest absolute Gasteiger partial charge is 0.694 e. The minimum Gasteiger partial charge on any atom is -0.387 e. The average molecular weight is 382 g/mol. The fourth-order valence-corrected chi connectivity index (χ4v) is 3.01. The number of hydrogen-bond acceptors (Lipinski definition) is 8. The molecule has 5 N–H and O–H groups in total. The van der Waals surface area contributed by atoms with E-state index < -0.39 is 45.1 Å². The van der Waals surface area contributed by atoms with E-state index in [0.29, 0.717) is 11.1 Å². The Morgan fingerprint density at radius 2 is 1.96 bits per heavy atom. The highest BCUT2D eigenvalue weighted by atomic mass is 31.1. The van der Waals surface area contributed by atoms with Gasteiger partial charge in [0.1, 0.15) is 30.7 Å². The first-order chi connectivity index (χ1) is 12.4. The molecule has 5 atom stereocenters. The Kier molecular flexibility index (Phi) is 5.42. The number of aromatic nitrogens is 2. The van der Waals surface area contributed by atoms with Crippen molar-refractivity contribution in [1.82, 2.24) is 9.55 Å². The van der Waals surface area contributed by atoms with Crippen molar-refractivity contribution < 1.29 is 28.9 Å². The molecule has 1 aromatic carbocycles. The van der Waals surface area contributed by atoms with Crippen LogP contribution in [-0.4, -0.2) is 49.6 Å². The summed E-state index contributed by atoms with van der Waals surface area (Å²) >= 11 is 0. The zero-order valence-corrected chi connectivity index (χ0v) is 14.3. The number of hydrogen-bond donors (Lipinski definition) is 4. The summed E-state index contributed by atoms with van der Waals surface area (Å²) in [4.78, 5) is 24.7. The second-order valence-electron chi connectivity index (χ2n) is 5.68. The van der Waals surface area contributed by atoms with Gasteiger partial charge in [0.25, 0.3) is 0 Å². The number of benzene rings is 1. The van der Waals surface area contributed by atoms with Crippen LogP contribution in [0.4, 0.5) is 5.82 Å². The van der Waals surface area contributed by atoms with Gasteiger partial charge in [0, 0.05) is 16.3 Å². The van der Waals surface area contributed by atoms with E-state index >= 15 is 0 Å². The molecule has 3 rings (SSSR count). The number of ether oxygens (including phenoxy) is 1. The Balaban J connectivity index is 1.94. The monoisotopic (exact) mass is 382 g/mol. The number of rotatable bonds is 5. The van der Waals surface area contributed by atoms with Crippen LogP contribution >= 0.6 is 8.25 Å². The molecule has 1 aromatic heterocycles. The maximum Gasteiger partial charge on any atom is 0.694 e. The number of nitrogen functional groups attached to an aromatic ring is 1. The van der Waals surface area contributed by atoms with E-state index in [1.165, 1.54) is 6.20 Å². The summed E-state index contributed by atoms with van der Waals surface area (Å²) in [5, 5.41) is 20.3. The maximum atomic E-state index is 12.2. The van der Waals surface area contributed by atoms with E-state index in [0.717, 1.165) is 4.57 Å². The minimum absolute atomic E-state index is 0.0163. The van der Waals surface area contributed by atoms with Crippen LogP contribution in [0, 0.1) is 0 Å². The molecule has 1 aliphatic rings. The molecule has 26 heavy (non-hydrogen) atoms. The third kappa shape index (κ3) is 3.65. The lowest BCUT2D eigenvalue weighted by Crippen LogP contribution is -2.36. The van der Waals surface area contributed by atoms with Crippen molar-refractivity contribution >= 4 is 14.1 Å². The molecule has 2 heterocycles. The molecule has 1 aliphatic heterocycles. The Morgan fingerprint density at radius 3 is 2.62 bits per heavy atom. The lowest BCUT2D eigenvalue weighted by molar-refractivity contribution is -0.0516. The predicted octanol–water partition coefficient (Wildman–Crippen LogP) is -0.222. The SMILES string of the molecule is Nc1nc(=O)n([C@@H]2O[C@H](CO[P+](=O)O)C(O)C2O)cc1-c1ccccc1. The molecule has 1 saturated heterocycles. The first kappa shape index (κ1) is 18.6. The summed E-state index contributed by atoms with van der Waals surface area (Å²) in [5.74, 6) is 0.0163. The Bertz CT molecular complexity index is 860. The third-order valence-corrected chi connectivity index (χ3v) is 4.40. The third-order valence-electron chi connectivity index (χ3n) is 4.03. The quantitative estimate of drug-likeness (QED) is 0.513. The fourth-order valence-electron chi connectivity index (χ4n) is 2.74. The summed E-state index contributed by atoms with van der Waals surface area (Å²) in [6, 6.07) is 8.95. The number of aliphatic hydroxyl groups excluding tert-OH is 2. The number of nitrogens with zero attached hydrogens (tertiary/aromatic N) is 2. The van der Waals surface area contributed by atoms with E-state index in [1.54, 1.807) is 24.3 Å². The highest BCUT2D eigenvalue weighted by Crippen LogP contribution is 2.32. The normalized spacial score (nSPS) is 26.0. The van der Waals surface area contributed by atoms with Gasteiger partial charge in [0.2, 0.25) is 0 Å². The second kappa shape index (κ2) is 7.58. The molecule has 10 nitrogen and oxygen atoms in total. The molecule has 2 aromatic rings. The topological polar surface area (TPSA) is 157 Å². The Labute approximate surface area is 148 Å². The van der Waals surface area contributed by atoms with Crippen molar-refractivity contribution in [2.24, 2.45) is 0 Å². The van der Waals surface area contributed by atoms with Crippen LogP contribution < -0.4 is 11.4 Å². The lowest BCUT2D eigenvalue weighted by atomic mass is 10.1. The molecule has 0 bridgehead atoms. The van der Waals surface area contributed by atoms with Gasteiger partial charge in [0.15, 0.2) is 6.23 Å². The Hall–Kier alpha value is -2.20. The zero-order chi connectivity index (χ0) is 18.8. The number of nitrogens with two attached hydrogens (primary N) is 1. The molecule has 3 unspecified atom stereocenters. The van der Waals surface area contributed by atoms with Gasteiger partial charge in [-0.05, 0) is 5.56 Å². The smallest absolute Gasteiger partial charge is 0.387 e. The van der Waals surface area contributed by atoms with Gasteiger partial charge in [-0.15, -0.1) is 9.42 Å². The molecule has 0 aliphatic carbocycles. The standard InChI is InChI=1S/C15H16N3O7P/c16-13-9(8-4-2-1-3-5-8)6-18(15(21)17-13)14-12(20)11(19)10(25-14)7-24-26(22)23/h1-6,10-12,14,19-20H,7H2,(H2-,16,17,21,22,23)/p+1/t10-,11?,12?,14-/m1/s1. The van der Waals surface area contributed by atoms with Gasteiger partial charge in [-0.2, -0.15) is 4.98 Å². The van der Waals surface area contributed by atoms with Crippen LogP contribution in [0.25, 0.3) is 11.1 Å². The van der Waals surface area contributed by atoms with Gasteiger partial charge in [-0.3, -0.25) is 4.57 Å². The number of anilines is 1. The molecular formula is C15H17N3O7P+. The van der Waals surface area contributed by atoms with Crippen LogP contribution in [0.2, 0.25) is 0 Å². The van der Waals surface area contributed by atoms with E-state index in [4.69, 9.17) is 15.4 Å². The van der Waals surface area contributed by atoms with Crippen LogP contribution in [0.5, 0.6) is 0 Å². The molecule has 0 radical (unpaired) electrons. The number of aliphatic hydroxyl groups is 2.